The minimum atomic E-state index is -0.611. The van der Waals surface area contributed by atoms with Gasteiger partial charge in [-0.15, -0.1) is 0 Å². The molecule has 3 aromatic rings. The second-order valence-electron chi connectivity index (χ2n) is 7.95. The van der Waals surface area contributed by atoms with Gasteiger partial charge in [0, 0.05) is 12.1 Å². The van der Waals surface area contributed by atoms with Crippen LogP contribution in [-0.2, 0) is 16.1 Å². The first-order valence-electron chi connectivity index (χ1n) is 11.7. The Morgan fingerprint density at radius 2 is 1.79 bits per heavy atom. The topological polar surface area (TPSA) is 141 Å². The summed E-state index contributed by atoms with van der Waals surface area (Å²) in [4.78, 5) is 34.8. The van der Waals surface area contributed by atoms with Crippen molar-refractivity contribution in [2.75, 3.05) is 13.7 Å². The quantitative estimate of drug-likeness (QED) is 0.203. The summed E-state index contributed by atoms with van der Waals surface area (Å²) in [5.74, 6) is 0.523. The molecule has 1 atom stereocenters. The second-order valence-corrected chi connectivity index (χ2v) is 7.95. The third-order valence-corrected chi connectivity index (χ3v) is 5.29. The summed E-state index contributed by atoms with van der Waals surface area (Å²) in [5, 5.41) is 17.5. The number of non-ortho nitro benzene ring substituents is 1. The van der Waals surface area contributed by atoms with Crippen molar-refractivity contribution in [1.29, 1.82) is 0 Å². The number of carbonyl (C=O) groups excluding carboxylic acids is 2. The maximum atomic E-state index is 12.5. The number of methoxy groups -OCH3 is 1. The molecule has 3 aromatic carbocycles. The molecule has 2 N–H and O–H groups in total. The molecule has 38 heavy (non-hydrogen) atoms. The second kappa shape index (κ2) is 14.0. The number of benzene rings is 3. The van der Waals surface area contributed by atoms with E-state index in [-0.39, 0.29) is 25.3 Å². The summed E-state index contributed by atoms with van der Waals surface area (Å²) < 4.78 is 16.1. The third kappa shape index (κ3) is 8.33. The molecular weight excluding hydrogens is 492 g/mol. The van der Waals surface area contributed by atoms with Crippen LogP contribution in [0.1, 0.15) is 36.1 Å². The van der Waals surface area contributed by atoms with E-state index in [1.54, 1.807) is 37.3 Å². The van der Waals surface area contributed by atoms with Crippen molar-refractivity contribution in [3.05, 3.63) is 99.6 Å². The van der Waals surface area contributed by atoms with Crippen molar-refractivity contribution >= 4 is 23.9 Å². The lowest BCUT2D eigenvalue weighted by molar-refractivity contribution is -0.384. The molecule has 0 aliphatic rings. The number of nitro groups is 1. The highest BCUT2D eigenvalue weighted by Gasteiger charge is 2.19. The minimum absolute atomic E-state index is 0.00732. The molecule has 0 aliphatic heterocycles. The molecule has 11 heteroatoms. The Labute approximate surface area is 219 Å². The summed E-state index contributed by atoms with van der Waals surface area (Å²) >= 11 is 0. The molecule has 0 saturated carbocycles. The zero-order valence-corrected chi connectivity index (χ0v) is 21.0. The first kappa shape index (κ1) is 27.7. The van der Waals surface area contributed by atoms with Gasteiger partial charge in [0.2, 0.25) is 5.91 Å². The Kier molecular flexibility index (Phi) is 10.2. The van der Waals surface area contributed by atoms with Crippen molar-refractivity contribution < 1.29 is 28.7 Å². The number of nitro benzene ring substituents is 1. The molecule has 0 heterocycles. The predicted octanol–water partition coefficient (Wildman–Crippen LogP) is 4.51. The van der Waals surface area contributed by atoms with Crippen molar-refractivity contribution in [2.45, 2.75) is 26.0 Å². The van der Waals surface area contributed by atoms with E-state index < -0.39 is 23.0 Å². The average molecular weight is 521 g/mol. The fourth-order valence-corrected chi connectivity index (χ4v) is 3.42. The van der Waals surface area contributed by atoms with E-state index in [4.69, 9.17) is 14.2 Å². The van der Waals surface area contributed by atoms with Crippen molar-refractivity contribution in [2.24, 2.45) is 5.10 Å². The third-order valence-electron chi connectivity index (χ3n) is 5.29. The van der Waals surface area contributed by atoms with Gasteiger partial charge in [-0.1, -0.05) is 30.3 Å². The van der Waals surface area contributed by atoms with E-state index in [1.807, 2.05) is 30.3 Å². The van der Waals surface area contributed by atoms with Crippen LogP contribution in [0, 0.1) is 10.1 Å². The first-order chi connectivity index (χ1) is 18.4. The Morgan fingerprint density at radius 3 is 2.45 bits per heavy atom. The minimum Gasteiger partial charge on any atom is -0.493 e. The number of hydrogen-bond donors (Lipinski definition) is 2. The SMILES string of the molecule is CCOC(=O)N[C@H](CC(=O)N/N=C\c1ccc(OCc2ccc([N+](=O)[O-])cc2)c(OC)c1)c1ccccc1. The summed E-state index contributed by atoms with van der Waals surface area (Å²) in [6.45, 7) is 2.11. The molecule has 0 saturated heterocycles. The van der Waals surface area contributed by atoms with E-state index in [2.05, 4.69) is 15.8 Å². The smallest absolute Gasteiger partial charge is 0.407 e. The number of rotatable bonds is 12. The number of ether oxygens (including phenoxy) is 3. The molecule has 3 rings (SSSR count). The van der Waals surface area contributed by atoms with Crippen LogP contribution in [0.5, 0.6) is 11.5 Å². The molecule has 2 amide bonds. The molecule has 0 bridgehead atoms. The van der Waals surface area contributed by atoms with Gasteiger partial charge in [-0.2, -0.15) is 5.10 Å². The number of alkyl carbamates (subject to hydrolysis) is 1. The average Bonchev–Trinajstić information content (AvgIpc) is 2.92. The van der Waals surface area contributed by atoms with E-state index in [1.165, 1.54) is 25.5 Å². The van der Waals surface area contributed by atoms with Crippen molar-refractivity contribution in [3.63, 3.8) is 0 Å². The number of nitrogens with zero attached hydrogens (tertiary/aromatic N) is 2. The van der Waals surface area contributed by atoms with Crippen LogP contribution in [0.2, 0.25) is 0 Å². The predicted molar refractivity (Wildman–Crippen MR) is 140 cm³/mol. The van der Waals surface area contributed by atoms with Crippen LogP contribution in [-0.4, -0.2) is 36.9 Å². The number of nitrogens with one attached hydrogen (secondary N) is 2. The van der Waals surface area contributed by atoms with Crippen LogP contribution in [0.15, 0.2) is 77.9 Å². The molecule has 0 aliphatic carbocycles. The number of hydrazone groups is 1. The molecule has 11 nitrogen and oxygen atoms in total. The summed E-state index contributed by atoms with van der Waals surface area (Å²) in [6.07, 6.45) is 0.802. The molecule has 0 unspecified atom stereocenters. The van der Waals surface area contributed by atoms with E-state index in [0.717, 1.165) is 11.1 Å². The highest BCUT2D eigenvalue weighted by atomic mass is 16.6. The summed E-state index contributed by atoms with van der Waals surface area (Å²) in [6, 6.07) is 19.7. The van der Waals surface area contributed by atoms with Crippen molar-refractivity contribution in [1.82, 2.24) is 10.7 Å². The van der Waals surface area contributed by atoms with Gasteiger partial charge in [0.1, 0.15) is 6.61 Å². The summed E-state index contributed by atoms with van der Waals surface area (Å²) in [7, 11) is 1.50. The Bertz CT molecular complexity index is 1260. The van der Waals surface area contributed by atoms with Gasteiger partial charge in [0.25, 0.3) is 5.69 Å². The number of hydrogen-bond acceptors (Lipinski definition) is 8. The van der Waals surface area contributed by atoms with Gasteiger partial charge < -0.3 is 19.5 Å². The number of carbonyl (C=O) groups is 2. The van der Waals surface area contributed by atoms with Gasteiger partial charge in [0.15, 0.2) is 11.5 Å². The Morgan fingerprint density at radius 1 is 1.05 bits per heavy atom. The van der Waals surface area contributed by atoms with Gasteiger partial charge >= 0.3 is 6.09 Å². The summed E-state index contributed by atoms with van der Waals surface area (Å²) in [5.41, 5.74) is 4.64. The van der Waals surface area contributed by atoms with Crippen molar-refractivity contribution in [3.8, 4) is 11.5 Å². The van der Waals surface area contributed by atoms with Gasteiger partial charge in [-0.05, 0) is 53.9 Å². The van der Waals surface area contributed by atoms with Gasteiger partial charge in [-0.3, -0.25) is 14.9 Å². The van der Waals surface area contributed by atoms with E-state index >= 15 is 0 Å². The molecule has 0 fully saturated rings. The zero-order chi connectivity index (χ0) is 27.3. The Balaban J connectivity index is 1.58. The van der Waals surface area contributed by atoms with Gasteiger partial charge in [0.05, 0.1) is 37.3 Å². The molecule has 0 spiro atoms. The maximum Gasteiger partial charge on any atom is 0.407 e. The standard InChI is InChI=1S/C27H28N4O7/c1-3-37-27(33)29-23(21-7-5-4-6-8-21)16-26(32)30-28-17-20-11-14-24(25(15-20)36-2)38-18-19-9-12-22(13-10-19)31(34)35/h4-15,17,23H,3,16,18H2,1-2H3,(H,29,33)(H,30,32)/b28-17-/t23-/m1/s1. The molecular formula is C27H28N4O7. The first-order valence-corrected chi connectivity index (χ1v) is 11.7. The lowest BCUT2D eigenvalue weighted by Crippen LogP contribution is -2.33. The van der Waals surface area contributed by atoms with Crippen LogP contribution in [0.3, 0.4) is 0 Å². The van der Waals surface area contributed by atoms with Crippen LogP contribution >= 0.6 is 0 Å². The van der Waals surface area contributed by atoms with Gasteiger partial charge in [-0.25, -0.2) is 10.2 Å². The highest BCUT2D eigenvalue weighted by Crippen LogP contribution is 2.28. The van der Waals surface area contributed by atoms with Crippen LogP contribution in [0.4, 0.5) is 10.5 Å². The van der Waals surface area contributed by atoms with E-state index in [9.17, 15) is 19.7 Å². The Hall–Kier alpha value is -4.93. The fraction of sp³-hybridized carbons (Fsp3) is 0.222. The zero-order valence-electron chi connectivity index (χ0n) is 21.0. The monoisotopic (exact) mass is 520 g/mol. The lowest BCUT2D eigenvalue weighted by atomic mass is 10.0. The molecule has 0 radical (unpaired) electrons. The largest absolute Gasteiger partial charge is 0.493 e. The van der Waals surface area contributed by atoms with Crippen LogP contribution in [0.25, 0.3) is 0 Å². The molecule has 198 valence electrons. The van der Waals surface area contributed by atoms with E-state index in [0.29, 0.717) is 17.1 Å². The number of amides is 2. The van der Waals surface area contributed by atoms with Crippen LogP contribution < -0.4 is 20.2 Å². The fourth-order valence-electron chi connectivity index (χ4n) is 3.42. The normalized spacial score (nSPS) is 11.4. The molecule has 0 aromatic heterocycles. The highest BCUT2D eigenvalue weighted by molar-refractivity contribution is 5.83. The lowest BCUT2D eigenvalue weighted by Gasteiger charge is -2.18. The maximum absolute atomic E-state index is 12.5.